The minimum absolute atomic E-state index is 0.148. The summed E-state index contributed by atoms with van der Waals surface area (Å²) in [5.41, 5.74) is 2.19. The van der Waals surface area contributed by atoms with Crippen molar-refractivity contribution in [3.05, 3.63) is 24.6 Å². The smallest absolute Gasteiger partial charge is 0.319 e. The van der Waals surface area contributed by atoms with Crippen molar-refractivity contribution < 1.29 is 9.21 Å². The summed E-state index contributed by atoms with van der Waals surface area (Å²) in [6, 6.07) is 5.58. The van der Waals surface area contributed by atoms with Crippen LogP contribution in [0.25, 0.3) is 11.1 Å². The number of aromatic nitrogens is 1. The maximum absolute atomic E-state index is 11.8. The Kier molecular flexibility index (Phi) is 2.88. The molecule has 3 rings (SSSR count). The highest BCUT2D eigenvalue weighted by Crippen LogP contribution is 2.19. The lowest BCUT2D eigenvalue weighted by Crippen LogP contribution is -2.36. The zero-order valence-electron chi connectivity index (χ0n) is 9.98. The first-order valence-corrected chi connectivity index (χ1v) is 6.22. The van der Waals surface area contributed by atoms with Crippen molar-refractivity contribution >= 4 is 22.8 Å². The molecule has 0 unspecified atom stereocenters. The zero-order valence-corrected chi connectivity index (χ0v) is 9.98. The number of carbonyl (C=O) groups is 1. The van der Waals surface area contributed by atoms with Gasteiger partial charge in [0.2, 0.25) is 0 Å². The number of amides is 2. The Morgan fingerprint density at radius 1 is 1.33 bits per heavy atom. The molecule has 0 aliphatic heterocycles. The summed E-state index contributed by atoms with van der Waals surface area (Å²) >= 11 is 0. The Hall–Kier alpha value is -2.04. The Morgan fingerprint density at radius 3 is 3.00 bits per heavy atom. The molecule has 2 N–H and O–H groups in total. The number of nitrogens with one attached hydrogen (secondary N) is 2. The van der Waals surface area contributed by atoms with Crippen LogP contribution in [0.3, 0.4) is 0 Å². The Morgan fingerprint density at radius 2 is 2.17 bits per heavy atom. The number of nitrogens with zero attached hydrogens (tertiary/aromatic N) is 1. The van der Waals surface area contributed by atoms with Crippen molar-refractivity contribution in [3.8, 4) is 0 Å². The second kappa shape index (κ2) is 4.68. The molecule has 18 heavy (non-hydrogen) atoms. The van der Waals surface area contributed by atoms with Crippen molar-refractivity contribution in [2.24, 2.45) is 0 Å². The summed E-state index contributed by atoms with van der Waals surface area (Å²) in [4.78, 5) is 15.8. The van der Waals surface area contributed by atoms with Gasteiger partial charge >= 0.3 is 6.03 Å². The average Bonchev–Trinajstić information content (AvgIpc) is 2.98. The van der Waals surface area contributed by atoms with E-state index in [0.717, 1.165) is 29.6 Å². The second-order valence-electron chi connectivity index (χ2n) is 4.61. The Balaban J connectivity index is 1.65. The molecule has 0 atom stereocenters. The first-order valence-electron chi connectivity index (χ1n) is 6.22. The summed E-state index contributed by atoms with van der Waals surface area (Å²) in [6.07, 6.45) is 5.96. The minimum Gasteiger partial charge on any atom is -0.443 e. The molecule has 0 spiro atoms. The van der Waals surface area contributed by atoms with E-state index < -0.39 is 0 Å². The number of fused-ring (bicyclic) bond motifs is 1. The highest BCUT2D eigenvalue weighted by molar-refractivity contribution is 5.91. The molecule has 1 aromatic carbocycles. The van der Waals surface area contributed by atoms with Crippen molar-refractivity contribution in [2.75, 3.05) is 5.32 Å². The van der Waals surface area contributed by atoms with Crippen LogP contribution in [0, 0.1) is 0 Å². The van der Waals surface area contributed by atoms with Gasteiger partial charge < -0.3 is 15.1 Å². The average molecular weight is 245 g/mol. The maximum Gasteiger partial charge on any atom is 0.319 e. The lowest BCUT2D eigenvalue weighted by atomic mass is 10.2. The standard InChI is InChI=1S/C13H15N3O2/c17-13(15-9-3-1-2-4-9)16-10-5-6-12-11(7-10)14-8-18-12/h5-9H,1-4H2,(H2,15,16,17). The molecule has 2 amide bonds. The molecule has 2 aromatic rings. The number of hydrogen-bond acceptors (Lipinski definition) is 3. The van der Waals surface area contributed by atoms with Crippen molar-refractivity contribution in [1.29, 1.82) is 0 Å². The van der Waals surface area contributed by atoms with Crippen LogP contribution >= 0.6 is 0 Å². The SMILES string of the molecule is O=C(Nc1ccc2ocnc2c1)NC1CCCC1. The van der Waals surface area contributed by atoms with Gasteiger partial charge in [-0.2, -0.15) is 0 Å². The minimum atomic E-state index is -0.148. The van der Waals surface area contributed by atoms with Gasteiger partial charge in [0.05, 0.1) is 0 Å². The van der Waals surface area contributed by atoms with Crippen molar-refractivity contribution in [2.45, 2.75) is 31.7 Å². The number of anilines is 1. The van der Waals surface area contributed by atoms with Crippen molar-refractivity contribution in [3.63, 3.8) is 0 Å². The quantitative estimate of drug-likeness (QED) is 0.854. The van der Waals surface area contributed by atoms with Crippen molar-refractivity contribution in [1.82, 2.24) is 10.3 Å². The number of urea groups is 1. The van der Waals surface area contributed by atoms with E-state index in [1.165, 1.54) is 19.2 Å². The summed E-state index contributed by atoms with van der Waals surface area (Å²) < 4.78 is 5.15. The molecule has 1 aliphatic rings. The van der Waals surface area contributed by atoms with E-state index in [0.29, 0.717) is 6.04 Å². The van der Waals surface area contributed by atoms with Crippen LogP contribution in [0.1, 0.15) is 25.7 Å². The fourth-order valence-corrected chi connectivity index (χ4v) is 2.36. The predicted octanol–water partition coefficient (Wildman–Crippen LogP) is 2.89. The molecule has 1 heterocycles. The third-order valence-corrected chi connectivity index (χ3v) is 3.28. The summed E-state index contributed by atoms with van der Waals surface area (Å²) in [6.45, 7) is 0. The van der Waals surface area contributed by atoms with E-state index in [9.17, 15) is 4.79 Å². The summed E-state index contributed by atoms with van der Waals surface area (Å²) in [7, 11) is 0. The summed E-state index contributed by atoms with van der Waals surface area (Å²) in [5, 5.41) is 5.79. The van der Waals surface area contributed by atoms with E-state index in [4.69, 9.17) is 4.42 Å². The zero-order chi connectivity index (χ0) is 12.4. The first kappa shape index (κ1) is 11.1. The molecule has 1 saturated carbocycles. The highest BCUT2D eigenvalue weighted by atomic mass is 16.3. The molecular weight excluding hydrogens is 230 g/mol. The Bertz CT molecular complexity index is 558. The third-order valence-electron chi connectivity index (χ3n) is 3.28. The molecular formula is C13H15N3O2. The van der Waals surface area contributed by atoms with Gasteiger partial charge in [0.1, 0.15) is 5.52 Å². The largest absolute Gasteiger partial charge is 0.443 e. The molecule has 0 radical (unpaired) electrons. The lowest BCUT2D eigenvalue weighted by molar-refractivity contribution is 0.248. The van der Waals surface area contributed by atoms with Crippen LogP contribution in [-0.2, 0) is 0 Å². The Labute approximate surface area is 105 Å². The second-order valence-corrected chi connectivity index (χ2v) is 4.61. The number of carbonyl (C=O) groups excluding carboxylic acids is 1. The van der Waals surface area contributed by atoms with Gasteiger partial charge in [-0.1, -0.05) is 12.8 Å². The third kappa shape index (κ3) is 2.30. The molecule has 1 fully saturated rings. The molecule has 0 bridgehead atoms. The molecule has 5 heteroatoms. The number of rotatable bonds is 2. The van der Waals surface area contributed by atoms with Gasteiger partial charge in [0, 0.05) is 11.7 Å². The van der Waals surface area contributed by atoms with Crippen LogP contribution in [0.15, 0.2) is 29.0 Å². The van der Waals surface area contributed by atoms with Crippen LogP contribution in [0.2, 0.25) is 0 Å². The maximum atomic E-state index is 11.8. The van der Waals surface area contributed by atoms with Crippen LogP contribution < -0.4 is 10.6 Å². The van der Waals surface area contributed by atoms with Gasteiger partial charge in [-0.15, -0.1) is 0 Å². The molecule has 5 nitrogen and oxygen atoms in total. The van der Waals surface area contributed by atoms with Gasteiger partial charge in [-0.05, 0) is 31.0 Å². The monoisotopic (exact) mass is 245 g/mol. The van der Waals surface area contributed by atoms with E-state index in [1.54, 1.807) is 12.1 Å². The van der Waals surface area contributed by atoms with Gasteiger partial charge in [0.15, 0.2) is 12.0 Å². The highest BCUT2D eigenvalue weighted by Gasteiger charge is 2.17. The normalized spacial score (nSPS) is 16.0. The predicted molar refractivity (Wildman–Crippen MR) is 68.4 cm³/mol. The fourth-order valence-electron chi connectivity index (χ4n) is 2.36. The molecule has 1 aliphatic carbocycles. The number of benzene rings is 1. The van der Waals surface area contributed by atoms with Gasteiger partial charge in [0.25, 0.3) is 0 Å². The van der Waals surface area contributed by atoms with E-state index in [1.807, 2.05) is 6.07 Å². The van der Waals surface area contributed by atoms with E-state index in [2.05, 4.69) is 15.6 Å². The van der Waals surface area contributed by atoms with Crippen LogP contribution in [-0.4, -0.2) is 17.1 Å². The topological polar surface area (TPSA) is 67.2 Å². The van der Waals surface area contributed by atoms with Crippen LogP contribution in [0.4, 0.5) is 10.5 Å². The van der Waals surface area contributed by atoms with E-state index in [-0.39, 0.29) is 6.03 Å². The number of hydrogen-bond donors (Lipinski definition) is 2. The molecule has 94 valence electrons. The van der Waals surface area contributed by atoms with Gasteiger partial charge in [-0.25, -0.2) is 9.78 Å². The van der Waals surface area contributed by atoms with E-state index >= 15 is 0 Å². The first-order chi connectivity index (χ1) is 8.81. The lowest BCUT2D eigenvalue weighted by Gasteiger charge is -2.12. The fraction of sp³-hybridized carbons (Fsp3) is 0.385. The van der Waals surface area contributed by atoms with Gasteiger partial charge in [-0.3, -0.25) is 0 Å². The van der Waals surface area contributed by atoms with Crippen LogP contribution in [0.5, 0.6) is 0 Å². The number of oxazole rings is 1. The molecule has 0 saturated heterocycles. The molecule has 1 aromatic heterocycles. The summed E-state index contributed by atoms with van der Waals surface area (Å²) in [5.74, 6) is 0.